The lowest BCUT2D eigenvalue weighted by molar-refractivity contribution is -0.133. The molecule has 188 valence electrons. The van der Waals surface area contributed by atoms with Gasteiger partial charge in [-0.1, -0.05) is 17.8 Å². The van der Waals surface area contributed by atoms with Gasteiger partial charge in [-0.3, -0.25) is 9.63 Å². The molecule has 2 aliphatic heterocycles. The highest BCUT2D eigenvalue weighted by Crippen LogP contribution is 2.43. The highest BCUT2D eigenvalue weighted by molar-refractivity contribution is 8.04. The Morgan fingerprint density at radius 1 is 1.47 bits per heavy atom. The lowest BCUT2D eigenvalue weighted by Gasteiger charge is -2.29. The Morgan fingerprint density at radius 3 is 2.88 bits per heavy atom. The third-order valence-electron chi connectivity index (χ3n) is 5.84. The lowest BCUT2D eigenvalue weighted by Crippen LogP contribution is -2.47. The van der Waals surface area contributed by atoms with Crippen molar-refractivity contribution < 1.29 is 19.5 Å². The van der Waals surface area contributed by atoms with Crippen LogP contribution in [0.15, 0.2) is 29.3 Å². The van der Waals surface area contributed by atoms with Crippen LogP contribution in [0.25, 0.3) is 11.3 Å². The highest BCUT2D eigenvalue weighted by Gasteiger charge is 2.35. The number of thioether (sulfide) groups is 1. The second-order valence-electron chi connectivity index (χ2n) is 9.23. The molecular weight excluding hydrogens is 454 g/mol. The summed E-state index contributed by atoms with van der Waals surface area (Å²) in [6, 6.07) is 6.02. The van der Waals surface area contributed by atoms with Crippen molar-refractivity contribution in [1.29, 1.82) is 0 Å². The summed E-state index contributed by atoms with van der Waals surface area (Å²) in [4.78, 5) is 20.9. The first kappa shape index (κ1) is 26.4. The Bertz CT molecular complexity index is 947. The summed E-state index contributed by atoms with van der Waals surface area (Å²) >= 11 is 1.53. The zero-order valence-corrected chi connectivity index (χ0v) is 21.2. The predicted octanol–water partition coefficient (Wildman–Crippen LogP) is 1.59. The van der Waals surface area contributed by atoms with Crippen molar-refractivity contribution in [3.05, 3.63) is 40.4 Å². The number of fused-ring (bicyclic) bond motifs is 2. The van der Waals surface area contributed by atoms with Crippen LogP contribution in [0, 0.1) is 0 Å². The number of ether oxygens (including phenoxy) is 1. The molecule has 1 atom stereocenters. The first-order valence-corrected chi connectivity index (χ1v) is 12.4. The number of hydrogen-bond acceptors (Lipinski definition) is 9. The molecule has 2 aliphatic rings. The van der Waals surface area contributed by atoms with Crippen molar-refractivity contribution >= 4 is 28.9 Å². The normalized spacial score (nSPS) is 18.1. The molecule has 0 saturated carbocycles. The van der Waals surface area contributed by atoms with Crippen LogP contribution < -0.4 is 27.0 Å². The standard InChI is InChI=1S/C24H37N5O4S/c1-15(2)29(8-9-30)23(31)22-28-21-18-6-5-16(11-19(18)32-10-7-20(21)34-22)17(12-25)13-27-14-24(3,4)33-26/h5-6,11,13,15,22,27-28,30H,7-10,12,14,25-26H2,1-4H3/b17-13+. The Labute approximate surface area is 205 Å². The van der Waals surface area contributed by atoms with E-state index in [-0.39, 0.29) is 18.6 Å². The van der Waals surface area contributed by atoms with Crippen LogP contribution in [-0.2, 0) is 9.63 Å². The second kappa shape index (κ2) is 11.5. The number of nitrogens with zero attached hydrogens (tertiary/aromatic N) is 1. The molecule has 0 aromatic heterocycles. The van der Waals surface area contributed by atoms with Gasteiger partial charge in [0.15, 0.2) is 5.37 Å². The van der Waals surface area contributed by atoms with Gasteiger partial charge in [0.25, 0.3) is 5.91 Å². The summed E-state index contributed by atoms with van der Waals surface area (Å²) in [5.41, 5.74) is 9.27. The van der Waals surface area contributed by atoms with Crippen molar-refractivity contribution in [2.75, 3.05) is 32.8 Å². The number of carbonyl (C=O) groups excluding carboxylic acids is 1. The minimum Gasteiger partial charge on any atom is -0.492 e. The van der Waals surface area contributed by atoms with Crippen LogP contribution in [0.2, 0.25) is 0 Å². The minimum absolute atomic E-state index is 0.0118. The second-order valence-corrected chi connectivity index (χ2v) is 10.4. The van der Waals surface area contributed by atoms with Crippen molar-refractivity contribution in [2.45, 2.75) is 51.1 Å². The van der Waals surface area contributed by atoms with Crippen molar-refractivity contribution in [1.82, 2.24) is 15.5 Å². The number of nitrogens with two attached hydrogens (primary N) is 2. The van der Waals surface area contributed by atoms with Gasteiger partial charge in [0.1, 0.15) is 11.4 Å². The number of aliphatic hydroxyl groups is 1. The van der Waals surface area contributed by atoms with E-state index in [1.54, 1.807) is 4.90 Å². The summed E-state index contributed by atoms with van der Waals surface area (Å²) in [5.74, 6) is 6.06. The fourth-order valence-electron chi connectivity index (χ4n) is 3.87. The molecule has 0 bridgehead atoms. The molecule has 1 amide bonds. The molecule has 34 heavy (non-hydrogen) atoms. The maximum Gasteiger partial charge on any atom is 0.256 e. The van der Waals surface area contributed by atoms with E-state index in [1.165, 1.54) is 11.8 Å². The van der Waals surface area contributed by atoms with E-state index in [1.807, 2.05) is 52.1 Å². The Hall–Kier alpha value is -2.24. The van der Waals surface area contributed by atoms with Gasteiger partial charge >= 0.3 is 0 Å². The molecule has 0 saturated heterocycles. The summed E-state index contributed by atoms with van der Waals surface area (Å²) < 4.78 is 6.07. The topological polar surface area (TPSA) is 135 Å². The maximum absolute atomic E-state index is 13.1. The molecule has 0 radical (unpaired) electrons. The summed E-state index contributed by atoms with van der Waals surface area (Å²) in [6.07, 6.45) is 2.60. The largest absolute Gasteiger partial charge is 0.492 e. The fraction of sp³-hybridized carbons (Fsp3) is 0.542. The number of nitrogens with one attached hydrogen (secondary N) is 2. The van der Waals surface area contributed by atoms with Gasteiger partial charge in [-0.15, -0.1) is 0 Å². The van der Waals surface area contributed by atoms with Crippen LogP contribution in [-0.4, -0.2) is 65.8 Å². The van der Waals surface area contributed by atoms with Crippen LogP contribution in [0.5, 0.6) is 5.75 Å². The van der Waals surface area contributed by atoms with Gasteiger partial charge in [0.2, 0.25) is 0 Å². The first-order chi connectivity index (χ1) is 16.2. The molecule has 7 N–H and O–H groups in total. The third-order valence-corrected chi connectivity index (χ3v) is 7.09. The van der Waals surface area contributed by atoms with Crippen LogP contribution >= 0.6 is 11.8 Å². The van der Waals surface area contributed by atoms with E-state index in [9.17, 15) is 9.90 Å². The zero-order valence-electron chi connectivity index (χ0n) is 20.4. The molecule has 2 heterocycles. The number of rotatable bonds is 10. The lowest BCUT2D eigenvalue weighted by atomic mass is 10.0. The summed E-state index contributed by atoms with van der Waals surface area (Å²) in [5, 5.41) is 15.6. The summed E-state index contributed by atoms with van der Waals surface area (Å²) in [6.45, 7) is 9.37. The van der Waals surface area contributed by atoms with Crippen molar-refractivity contribution in [3.63, 3.8) is 0 Å². The number of benzene rings is 1. The highest BCUT2D eigenvalue weighted by atomic mass is 32.2. The molecule has 0 spiro atoms. The van der Waals surface area contributed by atoms with Gasteiger partial charge < -0.3 is 31.1 Å². The van der Waals surface area contributed by atoms with Crippen LogP contribution in [0.4, 0.5) is 0 Å². The Morgan fingerprint density at radius 2 is 2.24 bits per heavy atom. The number of hydrogen-bond donors (Lipinski definition) is 5. The van der Waals surface area contributed by atoms with Gasteiger partial charge in [0, 0.05) is 48.8 Å². The number of carbonyl (C=O) groups is 1. The average Bonchev–Trinajstić information content (AvgIpc) is 3.16. The SMILES string of the molecule is CC(C)N(CCO)C(=O)C1NC2=C(CCOc3cc(/C(=C/NCC(C)(C)ON)CN)ccc32)S1. The van der Waals surface area contributed by atoms with Crippen LogP contribution in [0.3, 0.4) is 0 Å². The minimum atomic E-state index is -0.502. The molecule has 10 heteroatoms. The Kier molecular flexibility index (Phi) is 8.89. The third kappa shape index (κ3) is 6.05. The van der Waals surface area contributed by atoms with E-state index in [0.717, 1.165) is 39.5 Å². The van der Waals surface area contributed by atoms with Gasteiger partial charge in [-0.25, -0.2) is 5.90 Å². The Balaban J connectivity index is 1.80. The quantitative estimate of drug-likeness (QED) is 0.309. The van der Waals surface area contributed by atoms with Crippen molar-refractivity contribution in [3.8, 4) is 5.75 Å². The molecule has 0 aliphatic carbocycles. The summed E-state index contributed by atoms with van der Waals surface area (Å²) in [7, 11) is 0. The van der Waals surface area contributed by atoms with Gasteiger partial charge in [-0.05, 0) is 51.0 Å². The smallest absolute Gasteiger partial charge is 0.256 e. The van der Waals surface area contributed by atoms with Gasteiger partial charge in [-0.2, -0.15) is 0 Å². The van der Waals surface area contributed by atoms with E-state index in [0.29, 0.717) is 26.2 Å². The maximum atomic E-state index is 13.1. The number of amides is 1. The van der Waals surface area contributed by atoms with E-state index in [4.69, 9.17) is 21.2 Å². The average molecular weight is 492 g/mol. The van der Waals surface area contributed by atoms with Crippen LogP contribution in [0.1, 0.15) is 45.2 Å². The zero-order chi connectivity index (χ0) is 24.9. The molecule has 1 aromatic rings. The molecule has 3 rings (SSSR count). The van der Waals surface area contributed by atoms with E-state index >= 15 is 0 Å². The van der Waals surface area contributed by atoms with Gasteiger partial charge in [0.05, 0.1) is 18.9 Å². The molecule has 1 aromatic carbocycles. The van der Waals surface area contributed by atoms with Crippen molar-refractivity contribution in [2.24, 2.45) is 11.6 Å². The van der Waals surface area contributed by atoms with E-state index < -0.39 is 11.0 Å². The monoisotopic (exact) mass is 491 g/mol. The van der Waals surface area contributed by atoms with E-state index in [2.05, 4.69) is 10.6 Å². The first-order valence-electron chi connectivity index (χ1n) is 11.6. The number of aliphatic hydroxyl groups excluding tert-OH is 1. The fourth-order valence-corrected chi connectivity index (χ4v) is 5.06. The molecule has 9 nitrogen and oxygen atoms in total. The molecular formula is C24H37N5O4S. The molecule has 1 unspecified atom stereocenters. The molecule has 0 fully saturated rings. The predicted molar refractivity (Wildman–Crippen MR) is 136 cm³/mol.